The minimum Gasteiger partial charge on any atom is -0.465 e. The Morgan fingerprint density at radius 1 is 1.12 bits per heavy atom. The molecule has 0 spiro atoms. The van der Waals surface area contributed by atoms with E-state index in [4.69, 9.17) is 9.47 Å². The number of nitro benzene ring substituents is 1. The molecule has 8 heteroatoms. The molecule has 0 aliphatic carbocycles. The number of aryl methyl sites for hydroxylation is 1. The van der Waals surface area contributed by atoms with E-state index in [-0.39, 0.29) is 33.6 Å². The third-order valence-corrected chi connectivity index (χ3v) is 3.43. The molecule has 8 nitrogen and oxygen atoms in total. The molecule has 24 heavy (non-hydrogen) atoms. The molecule has 0 radical (unpaired) electrons. The number of nitrogens with zero attached hydrogens (tertiary/aromatic N) is 2. The Hall–Kier alpha value is -3.29. The van der Waals surface area contributed by atoms with Crippen LogP contribution in [0.3, 0.4) is 0 Å². The Bertz CT molecular complexity index is 831. The van der Waals surface area contributed by atoms with Gasteiger partial charge in [-0.1, -0.05) is 12.1 Å². The highest BCUT2D eigenvalue weighted by molar-refractivity contribution is 6.07. The standard InChI is InChI=1S/C16H14N2O6/c1-9-13(16(20)24-3)14(11(8-17-9)15(19)23-2)10-6-4-5-7-12(10)18(21)22/h4-8H,1-3H3. The maximum absolute atomic E-state index is 12.2. The number of carbonyl (C=O) groups excluding carboxylic acids is 2. The van der Waals surface area contributed by atoms with Crippen molar-refractivity contribution in [1.82, 2.24) is 4.98 Å². The van der Waals surface area contributed by atoms with Crippen molar-refractivity contribution in [3.63, 3.8) is 0 Å². The van der Waals surface area contributed by atoms with Crippen LogP contribution < -0.4 is 0 Å². The number of nitro groups is 1. The third-order valence-electron chi connectivity index (χ3n) is 3.43. The molecule has 0 atom stereocenters. The maximum atomic E-state index is 12.2. The molecule has 1 heterocycles. The fourth-order valence-corrected chi connectivity index (χ4v) is 2.35. The van der Waals surface area contributed by atoms with Gasteiger partial charge in [-0.25, -0.2) is 9.59 Å². The number of rotatable bonds is 4. The minimum atomic E-state index is -0.763. The summed E-state index contributed by atoms with van der Waals surface area (Å²) in [6.07, 6.45) is 1.22. The lowest BCUT2D eigenvalue weighted by molar-refractivity contribution is -0.384. The Morgan fingerprint density at radius 3 is 2.33 bits per heavy atom. The highest BCUT2D eigenvalue weighted by Crippen LogP contribution is 2.36. The summed E-state index contributed by atoms with van der Waals surface area (Å²) in [5.74, 6) is -1.51. The van der Waals surface area contributed by atoms with Crippen LogP contribution in [0.2, 0.25) is 0 Å². The Labute approximate surface area is 137 Å². The van der Waals surface area contributed by atoms with Crippen molar-refractivity contribution in [3.05, 3.63) is 57.4 Å². The van der Waals surface area contributed by atoms with Crippen molar-refractivity contribution in [3.8, 4) is 11.1 Å². The molecule has 2 rings (SSSR count). The molecule has 1 aromatic heterocycles. The van der Waals surface area contributed by atoms with Gasteiger partial charge in [0.05, 0.1) is 41.5 Å². The van der Waals surface area contributed by atoms with Gasteiger partial charge in [0.2, 0.25) is 0 Å². The van der Waals surface area contributed by atoms with Gasteiger partial charge in [-0.3, -0.25) is 15.1 Å². The number of pyridine rings is 1. The van der Waals surface area contributed by atoms with Gasteiger partial charge >= 0.3 is 11.9 Å². The molecular formula is C16H14N2O6. The summed E-state index contributed by atoms with van der Waals surface area (Å²) in [5, 5.41) is 11.3. The highest BCUT2D eigenvalue weighted by atomic mass is 16.6. The summed E-state index contributed by atoms with van der Waals surface area (Å²) in [4.78, 5) is 39.0. The van der Waals surface area contributed by atoms with Crippen molar-refractivity contribution in [1.29, 1.82) is 0 Å². The Kier molecular flexibility index (Phi) is 4.88. The van der Waals surface area contributed by atoms with Crippen LogP contribution in [0.1, 0.15) is 26.4 Å². The second-order valence-corrected chi connectivity index (χ2v) is 4.76. The zero-order chi connectivity index (χ0) is 17.9. The van der Waals surface area contributed by atoms with E-state index in [1.807, 2.05) is 0 Å². The summed E-state index contributed by atoms with van der Waals surface area (Å²) in [6.45, 7) is 1.55. The van der Waals surface area contributed by atoms with E-state index < -0.39 is 16.9 Å². The van der Waals surface area contributed by atoms with Gasteiger partial charge in [0, 0.05) is 17.8 Å². The first-order chi connectivity index (χ1) is 11.4. The zero-order valence-electron chi connectivity index (χ0n) is 13.2. The lowest BCUT2D eigenvalue weighted by atomic mass is 9.93. The van der Waals surface area contributed by atoms with Crippen LogP contribution in [-0.2, 0) is 9.47 Å². The number of carbonyl (C=O) groups is 2. The molecule has 0 bridgehead atoms. The van der Waals surface area contributed by atoms with E-state index in [9.17, 15) is 19.7 Å². The third kappa shape index (κ3) is 2.94. The summed E-state index contributed by atoms with van der Waals surface area (Å²) in [7, 11) is 2.35. The van der Waals surface area contributed by atoms with Crippen LogP contribution >= 0.6 is 0 Å². The number of aromatic nitrogens is 1. The number of benzene rings is 1. The van der Waals surface area contributed by atoms with Crippen molar-refractivity contribution in [2.24, 2.45) is 0 Å². The normalized spacial score (nSPS) is 10.1. The molecule has 124 valence electrons. The fourth-order valence-electron chi connectivity index (χ4n) is 2.35. The van der Waals surface area contributed by atoms with Crippen LogP contribution in [0.15, 0.2) is 30.5 Å². The molecule has 0 aliphatic heterocycles. The van der Waals surface area contributed by atoms with Crippen molar-refractivity contribution in [2.45, 2.75) is 6.92 Å². The summed E-state index contributed by atoms with van der Waals surface area (Å²) in [5.41, 5.74) is 0.121. The average molecular weight is 330 g/mol. The van der Waals surface area contributed by atoms with Gasteiger partial charge in [-0.15, -0.1) is 0 Å². The predicted octanol–water partition coefficient (Wildman–Crippen LogP) is 2.54. The number of para-hydroxylation sites is 1. The number of hydrogen-bond donors (Lipinski definition) is 0. The molecule has 0 unspecified atom stereocenters. The molecule has 1 aromatic carbocycles. The first-order valence-electron chi connectivity index (χ1n) is 6.82. The van der Waals surface area contributed by atoms with Crippen molar-refractivity contribution < 1.29 is 24.0 Å². The van der Waals surface area contributed by atoms with Crippen LogP contribution in [0.4, 0.5) is 5.69 Å². The molecule has 0 fully saturated rings. The quantitative estimate of drug-likeness (QED) is 0.481. The first-order valence-corrected chi connectivity index (χ1v) is 6.82. The number of esters is 2. The summed E-state index contributed by atoms with van der Waals surface area (Å²) < 4.78 is 9.45. The van der Waals surface area contributed by atoms with Crippen molar-refractivity contribution in [2.75, 3.05) is 14.2 Å². The molecule has 0 saturated carbocycles. The monoisotopic (exact) mass is 330 g/mol. The lowest BCUT2D eigenvalue weighted by Crippen LogP contribution is -2.14. The largest absolute Gasteiger partial charge is 0.465 e. The SMILES string of the molecule is COC(=O)c1cnc(C)c(C(=O)OC)c1-c1ccccc1[N+](=O)[O-]. The fraction of sp³-hybridized carbons (Fsp3) is 0.188. The number of methoxy groups -OCH3 is 2. The van der Waals surface area contributed by atoms with Gasteiger partial charge in [-0.05, 0) is 13.0 Å². The minimum absolute atomic E-state index is 0.0188. The molecular weight excluding hydrogens is 316 g/mol. The summed E-state index contributed by atoms with van der Waals surface area (Å²) in [6, 6.07) is 5.80. The van der Waals surface area contributed by atoms with E-state index in [1.54, 1.807) is 13.0 Å². The Morgan fingerprint density at radius 2 is 1.75 bits per heavy atom. The van der Waals surface area contributed by atoms with Crippen LogP contribution in [-0.4, -0.2) is 36.1 Å². The van der Waals surface area contributed by atoms with Gasteiger partial charge in [0.25, 0.3) is 5.69 Å². The van der Waals surface area contributed by atoms with Crippen LogP contribution in [0, 0.1) is 17.0 Å². The van der Waals surface area contributed by atoms with Crippen molar-refractivity contribution >= 4 is 17.6 Å². The Balaban J connectivity index is 2.94. The zero-order valence-corrected chi connectivity index (χ0v) is 13.2. The molecule has 0 aliphatic rings. The van der Waals surface area contributed by atoms with E-state index >= 15 is 0 Å². The topological polar surface area (TPSA) is 109 Å². The molecule has 0 amide bonds. The van der Waals surface area contributed by atoms with Crippen LogP contribution in [0.5, 0.6) is 0 Å². The molecule has 2 aromatic rings. The summed E-state index contributed by atoms with van der Waals surface area (Å²) >= 11 is 0. The van der Waals surface area contributed by atoms with Gasteiger partial charge in [0.15, 0.2) is 0 Å². The van der Waals surface area contributed by atoms with E-state index in [0.717, 1.165) is 0 Å². The van der Waals surface area contributed by atoms with E-state index in [2.05, 4.69) is 4.98 Å². The molecule has 0 saturated heterocycles. The second kappa shape index (κ2) is 6.86. The molecule has 0 N–H and O–H groups in total. The number of ether oxygens (including phenoxy) is 2. The van der Waals surface area contributed by atoms with Gasteiger partial charge in [0.1, 0.15) is 0 Å². The maximum Gasteiger partial charge on any atom is 0.340 e. The first kappa shape index (κ1) is 17.1. The second-order valence-electron chi connectivity index (χ2n) is 4.76. The predicted molar refractivity (Wildman–Crippen MR) is 83.7 cm³/mol. The average Bonchev–Trinajstić information content (AvgIpc) is 2.59. The van der Waals surface area contributed by atoms with E-state index in [0.29, 0.717) is 0 Å². The number of hydrogen-bond acceptors (Lipinski definition) is 7. The van der Waals surface area contributed by atoms with Gasteiger partial charge in [-0.2, -0.15) is 0 Å². The van der Waals surface area contributed by atoms with E-state index in [1.165, 1.54) is 38.6 Å². The smallest absolute Gasteiger partial charge is 0.340 e. The highest BCUT2D eigenvalue weighted by Gasteiger charge is 2.28. The van der Waals surface area contributed by atoms with Crippen LogP contribution in [0.25, 0.3) is 11.1 Å². The lowest BCUT2D eigenvalue weighted by Gasteiger charge is -2.14. The van der Waals surface area contributed by atoms with Gasteiger partial charge < -0.3 is 9.47 Å².